The molecule has 0 N–H and O–H groups in total. The fraction of sp³-hybridized carbons (Fsp3) is 0.467. The molecule has 0 aliphatic heterocycles. The molecule has 0 fully saturated rings. The molecule has 0 aromatic heterocycles. The zero-order valence-electron chi connectivity index (χ0n) is 12.8. The number of amides is 1. The van der Waals surface area contributed by atoms with E-state index in [-0.39, 0.29) is 11.8 Å². The van der Waals surface area contributed by atoms with Gasteiger partial charge in [-0.15, -0.1) is 0 Å². The Hall–Kier alpha value is -2.05. The van der Waals surface area contributed by atoms with Crippen molar-refractivity contribution in [3.63, 3.8) is 0 Å². The molecule has 0 saturated heterocycles. The molecule has 7 heteroatoms. The van der Waals surface area contributed by atoms with Crippen molar-refractivity contribution in [2.75, 3.05) is 7.05 Å². The van der Waals surface area contributed by atoms with Crippen molar-refractivity contribution in [2.45, 2.75) is 38.6 Å². The van der Waals surface area contributed by atoms with Gasteiger partial charge < -0.3 is 9.53 Å². The molecular weight excluding hydrogens is 299 g/mol. The zero-order valence-corrected chi connectivity index (χ0v) is 12.8. The fourth-order valence-electron chi connectivity index (χ4n) is 1.83. The summed E-state index contributed by atoms with van der Waals surface area (Å²) in [6.45, 7) is 4.87. The standard InChI is InChI=1S/C15H18F3NO3/c1-14(2,3)22-13(21)19(4)12(9-20)10-7-5-6-8-11(10)15(16,17)18/h5-9,12H,1-4H3. The van der Waals surface area contributed by atoms with Crippen LogP contribution in [0.4, 0.5) is 18.0 Å². The first kappa shape index (κ1) is 18.0. The lowest BCUT2D eigenvalue weighted by molar-refractivity contribution is -0.138. The lowest BCUT2D eigenvalue weighted by Crippen LogP contribution is -2.37. The quantitative estimate of drug-likeness (QED) is 0.796. The van der Waals surface area contributed by atoms with E-state index in [0.29, 0.717) is 0 Å². The molecule has 0 spiro atoms. The number of likely N-dealkylation sites (N-methyl/N-ethyl adjacent to an activating group) is 1. The summed E-state index contributed by atoms with van der Waals surface area (Å²) in [6, 6.07) is 3.26. The van der Waals surface area contributed by atoms with Gasteiger partial charge in [0.05, 0.1) is 5.56 Å². The van der Waals surface area contributed by atoms with Gasteiger partial charge in [-0.05, 0) is 32.4 Å². The molecule has 1 unspecified atom stereocenters. The number of aldehydes is 1. The minimum atomic E-state index is -4.62. The Morgan fingerprint density at radius 3 is 2.23 bits per heavy atom. The van der Waals surface area contributed by atoms with Gasteiger partial charge in [0.1, 0.15) is 17.9 Å². The number of carbonyl (C=O) groups is 2. The highest BCUT2D eigenvalue weighted by Crippen LogP contribution is 2.35. The molecule has 122 valence electrons. The third-order valence-corrected chi connectivity index (χ3v) is 2.81. The van der Waals surface area contributed by atoms with E-state index in [1.54, 1.807) is 20.8 Å². The van der Waals surface area contributed by atoms with Crippen molar-refractivity contribution in [2.24, 2.45) is 0 Å². The van der Waals surface area contributed by atoms with Crippen molar-refractivity contribution >= 4 is 12.4 Å². The molecule has 1 amide bonds. The summed E-state index contributed by atoms with van der Waals surface area (Å²) in [4.78, 5) is 24.1. The number of ether oxygens (including phenoxy) is 1. The minimum absolute atomic E-state index is 0.286. The largest absolute Gasteiger partial charge is 0.444 e. The minimum Gasteiger partial charge on any atom is -0.444 e. The van der Waals surface area contributed by atoms with Crippen molar-refractivity contribution in [1.82, 2.24) is 4.90 Å². The van der Waals surface area contributed by atoms with Crippen molar-refractivity contribution in [3.05, 3.63) is 35.4 Å². The fourth-order valence-corrected chi connectivity index (χ4v) is 1.83. The Balaban J connectivity index is 3.17. The molecule has 0 saturated carbocycles. The first-order valence-corrected chi connectivity index (χ1v) is 6.54. The second-order valence-electron chi connectivity index (χ2n) is 5.76. The van der Waals surface area contributed by atoms with E-state index in [1.165, 1.54) is 25.2 Å². The van der Waals surface area contributed by atoms with Gasteiger partial charge >= 0.3 is 12.3 Å². The normalized spacial score (nSPS) is 13.4. The molecule has 0 bridgehead atoms. The van der Waals surface area contributed by atoms with E-state index in [1.807, 2.05) is 0 Å². The summed E-state index contributed by atoms with van der Waals surface area (Å²) in [5.41, 5.74) is -2.07. The van der Waals surface area contributed by atoms with Crippen molar-refractivity contribution in [3.8, 4) is 0 Å². The van der Waals surface area contributed by atoms with Crippen molar-refractivity contribution < 1.29 is 27.5 Å². The molecule has 1 atom stereocenters. The van der Waals surface area contributed by atoms with Crippen LogP contribution in [0.2, 0.25) is 0 Å². The highest BCUT2D eigenvalue weighted by Gasteiger charge is 2.37. The van der Waals surface area contributed by atoms with Crippen LogP contribution in [0.5, 0.6) is 0 Å². The SMILES string of the molecule is CN(C(=O)OC(C)(C)C)C(C=O)c1ccccc1C(F)(F)F. The van der Waals surface area contributed by atoms with Gasteiger partial charge in [-0.3, -0.25) is 4.90 Å². The maximum atomic E-state index is 13.0. The molecule has 1 aromatic rings. The lowest BCUT2D eigenvalue weighted by atomic mass is 10.00. The van der Waals surface area contributed by atoms with Gasteiger partial charge in [0.25, 0.3) is 0 Å². The average molecular weight is 317 g/mol. The van der Waals surface area contributed by atoms with E-state index in [4.69, 9.17) is 4.74 Å². The van der Waals surface area contributed by atoms with E-state index in [0.717, 1.165) is 11.0 Å². The smallest absolute Gasteiger partial charge is 0.416 e. The summed E-state index contributed by atoms with van der Waals surface area (Å²) in [5.74, 6) is 0. The molecule has 0 heterocycles. The molecule has 0 aliphatic carbocycles. The Bertz CT molecular complexity index is 550. The van der Waals surface area contributed by atoms with Crippen LogP contribution in [0.25, 0.3) is 0 Å². The number of hydrogen-bond donors (Lipinski definition) is 0. The molecule has 4 nitrogen and oxygen atoms in total. The summed E-state index contributed by atoms with van der Waals surface area (Å²) in [6.07, 6.45) is -5.21. The van der Waals surface area contributed by atoms with Crippen molar-refractivity contribution in [1.29, 1.82) is 0 Å². The molecule has 0 radical (unpaired) electrons. The Kier molecular flexibility index (Phi) is 5.22. The summed E-state index contributed by atoms with van der Waals surface area (Å²) < 4.78 is 44.2. The first-order chi connectivity index (χ1) is 9.97. The molecule has 0 aliphatic rings. The van der Waals surface area contributed by atoms with Gasteiger partial charge in [-0.2, -0.15) is 13.2 Å². The van der Waals surface area contributed by atoms with Crippen LogP contribution in [0.3, 0.4) is 0 Å². The number of nitrogens with zero attached hydrogens (tertiary/aromatic N) is 1. The van der Waals surface area contributed by atoms with E-state index in [2.05, 4.69) is 0 Å². The van der Waals surface area contributed by atoms with E-state index < -0.39 is 29.5 Å². The van der Waals surface area contributed by atoms with E-state index >= 15 is 0 Å². The number of alkyl halides is 3. The second kappa shape index (κ2) is 6.37. The number of rotatable bonds is 3. The van der Waals surface area contributed by atoms with Crippen LogP contribution < -0.4 is 0 Å². The van der Waals surface area contributed by atoms with Gasteiger partial charge in [-0.25, -0.2) is 4.79 Å². The summed E-state index contributed by atoms with van der Waals surface area (Å²) >= 11 is 0. The third kappa shape index (κ3) is 4.47. The van der Waals surface area contributed by atoms with Gasteiger partial charge in [0.2, 0.25) is 0 Å². The van der Waals surface area contributed by atoms with Crippen LogP contribution >= 0.6 is 0 Å². The monoisotopic (exact) mass is 317 g/mol. The summed E-state index contributed by atoms with van der Waals surface area (Å²) in [5, 5.41) is 0. The number of halogens is 3. The zero-order chi connectivity index (χ0) is 17.1. The number of hydrogen-bond acceptors (Lipinski definition) is 3. The second-order valence-corrected chi connectivity index (χ2v) is 5.76. The van der Waals surface area contributed by atoms with Crippen LogP contribution in [0.15, 0.2) is 24.3 Å². The van der Waals surface area contributed by atoms with Gasteiger partial charge in [-0.1, -0.05) is 18.2 Å². The number of carbonyl (C=O) groups excluding carboxylic acids is 2. The molecule has 22 heavy (non-hydrogen) atoms. The van der Waals surface area contributed by atoms with Crippen LogP contribution in [0, 0.1) is 0 Å². The Morgan fingerprint density at radius 1 is 1.23 bits per heavy atom. The molecular formula is C15H18F3NO3. The predicted octanol–water partition coefficient (Wildman–Crippen LogP) is 3.81. The first-order valence-electron chi connectivity index (χ1n) is 6.54. The topological polar surface area (TPSA) is 46.6 Å². The average Bonchev–Trinajstić information content (AvgIpc) is 2.36. The maximum Gasteiger partial charge on any atom is 0.416 e. The summed E-state index contributed by atoms with van der Waals surface area (Å²) in [7, 11) is 1.22. The molecule has 1 rings (SSSR count). The van der Waals surface area contributed by atoms with E-state index in [9.17, 15) is 22.8 Å². The van der Waals surface area contributed by atoms with Crippen LogP contribution in [-0.2, 0) is 15.7 Å². The van der Waals surface area contributed by atoms with Gasteiger partial charge in [0, 0.05) is 7.05 Å². The Morgan fingerprint density at radius 2 is 1.77 bits per heavy atom. The van der Waals surface area contributed by atoms with Crippen LogP contribution in [0.1, 0.15) is 37.9 Å². The van der Waals surface area contributed by atoms with Gasteiger partial charge in [0.15, 0.2) is 0 Å². The molecule has 1 aromatic carbocycles. The predicted molar refractivity (Wildman–Crippen MR) is 74.2 cm³/mol. The Labute approximate surface area is 126 Å². The highest BCUT2D eigenvalue weighted by atomic mass is 19.4. The lowest BCUT2D eigenvalue weighted by Gasteiger charge is -2.29. The number of benzene rings is 1. The maximum absolute atomic E-state index is 13.0. The highest BCUT2D eigenvalue weighted by molar-refractivity contribution is 5.75. The third-order valence-electron chi connectivity index (χ3n) is 2.81. The van der Waals surface area contributed by atoms with Crippen LogP contribution in [-0.4, -0.2) is 29.9 Å².